The molecule has 1 aromatic rings. The van der Waals surface area contributed by atoms with Gasteiger partial charge in [-0.05, 0) is 37.0 Å². The molecule has 0 N–H and O–H groups in total. The normalized spacial score (nSPS) is 18.2. The number of amides is 1. The van der Waals surface area contributed by atoms with Crippen LogP contribution in [0.4, 0.5) is 5.69 Å². The Morgan fingerprint density at radius 3 is 2.57 bits per heavy atom. The van der Waals surface area contributed by atoms with Crippen LogP contribution in [0.1, 0.15) is 57.4 Å². The lowest BCUT2D eigenvalue weighted by molar-refractivity contribution is -0.117. The van der Waals surface area contributed by atoms with Gasteiger partial charge in [-0.15, -0.1) is 6.58 Å². The molecule has 1 atom stereocenters. The molecule has 1 aromatic carbocycles. The van der Waals surface area contributed by atoms with E-state index in [0.717, 1.165) is 18.5 Å². The predicted molar refractivity (Wildman–Crippen MR) is 89.6 cm³/mol. The van der Waals surface area contributed by atoms with Gasteiger partial charge in [0.25, 0.3) is 0 Å². The van der Waals surface area contributed by atoms with Crippen LogP contribution in [0.2, 0.25) is 0 Å². The lowest BCUT2D eigenvalue weighted by atomic mass is 10.0. The first-order valence-corrected chi connectivity index (χ1v) is 8.29. The number of nitrogens with zero attached hydrogens (tertiary/aromatic N) is 1. The van der Waals surface area contributed by atoms with Crippen LogP contribution >= 0.6 is 0 Å². The van der Waals surface area contributed by atoms with Crippen LogP contribution in [-0.2, 0) is 11.2 Å². The topological polar surface area (TPSA) is 20.3 Å². The summed E-state index contributed by atoms with van der Waals surface area (Å²) in [6.07, 6.45) is 11.1. The zero-order chi connectivity index (χ0) is 15.1. The summed E-state index contributed by atoms with van der Waals surface area (Å²) < 4.78 is 0. The maximum atomic E-state index is 12.0. The number of anilines is 1. The lowest BCUT2D eigenvalue weighted by Crippen LogP contribution is -2.31. The number of carbonyl (C=O) groups excluding carboxylic acids is 1. The summed E-state index contributed by atoms with van der Waals surface area (Å²) >= 11 is 0. The molecule has 2 rings (SSSR count). The molecule has 1 amide bonds. The molecule has 114 valence electrons. The second-order valence-corrected chi connectivity index (χ2v) is 5.94. The van der Waals surface area contributed by atoms with Gasteiger partial charge in [0.2, 0.25) is 5.91 Å². The predicted octanol–water partition coefficient (Wildman–Crippen LogP) is 4.88. The zero-order valence-electron chi connectivity index (χ0n) is 13.2. The van der Waals surface area contributed by atoms with Crippen molar-refractivity contribution in [2.75, 3.05) is 4.90 Å². The molecule has 1 fully saturated rings. The van der Waals surface area contributed by atoms with E-state index in [1.165, 1.54) is 37.7 Å². The van der Waals surface area contributed by atoms with E-state index in [1.807, 2.05) is 11.0 Å². The molecule has 1 aliphatic rings. The van der Waals surface area contributed by atoms with Crippen molar-refractivity contribution in [2.45, 2.75) is 64.3 Å². The number of carbonyl (C=O) groups is 1. The van der Waals surface area contributed by atoms with Crippen LogP contribution < -0.4 is 4.90 Å². The van der Waals surface area contributed by atoms with Crippen molar-refractivity contribution in [3.63, 3.8) is 0 Å². The van der Waals surface area contributed by atoms with Gasteiger partial charge in [0.15, 0.2) is 0 Å². The Balaban J connectivity index is 1.89. The highest BCUT2D eigenvalue weighted by molar-refractivity contribution is 5.96. The third kappa shape index (κ3) is 4.20. The van der Waals surface area contributed by atoms with E-state index in [0.29, 0.717) is 6.42 Å². The minimum atomic E-state index is 0.164. The second kappa shape index (κ2) is 8.02. The van der Waals surface area contributed by atoms with Gasteiger partial charge in [-0.25, -0.2) is 0 Å². The minimum absolute atomic E-state index is 0.164. The molecule has 1 aliphatic heterocycles. The average molecular weight is 285 g/mol. The second-order valence-electron chi connectivity index (χ2n) is 5.94. The van der Waals surface area contributed by atoms with Gasteiger partial charge in [0.1, 0.15) is 0 Å². The van der Waals surface area contributed by atoms with Crippen molar-refractivity contribution >= 4 is 11.6 Å². The summed E-state index contributed by atoms with van der Waals surface area (Å²) in [7, 11) is 0. The van der Waals surface area contributed by atoms with Gasteiger partial charge in [-0.2, -0.15) is 0 Å². The molecular weight excluding hydrogens is 258 g/mol. The van der Waals surface area contributed by atoms with E-state index in [1.54, 1.807) is 0 Å². The molecule has 1 heterocycles. The molecule has 0 aromatic heterocycles. The van der Waals surface area contributed by atoms with Crippen LogP contribution in [0.3, 0.4) is 0 Å². The van der Waals surface area contributed by atoms with E-state index in [2.05, 4.69) is 37.8 Å². The van der Waals surface area contributed by atoms with E-state index < -0.39 is 0 Å². The van der Waals surface area contributed by atoms with Gasteiger partial charge >= 0.3 is 0 Å². The number of aryl methyl sites for hydroxylation is 1. The molecule has 0 spiro atoms. The molecule has 1 unspecified atom stereocenters. The summed E-state index contributed by atoms with van der Waals surface area (Å²) in [5.74, 6) is 0.215. The Morgan fingerprint density at radius 2 is 1.90 bits per heavy atom. The monoisotopic (exact) mass is 285 g/mol. The van der Waals surface area contributed by atoms with Crippen molar-refractivity contribution in [1.82, 2.24) is 0 Å². The minimum Gasteiger partial charge on any atom is -0.306 e. The van der Waals surface area contributed by atoms with Crippen LogP contribution in [0.15, 0.2) is 36.9 Å². The molecule has 21 heavy (non-hydrogen) atoms. The smallest absolute Gasteiger partial charge is 0.227 e. The standard InChI is InChI=1S/C19H27NO/c1-3-5-6-7-8-9-16-10-12-18(13-11-16)20-17(4-2)14-15-19(20)21/h4,10-13,17H,2-3,5-9,14-15H2,1H3. The van der Waals surface area contributed by atoms with Gasteiger partial charge in [-0.3, -0.25) is 4.79 Å². The van der Waals surface area contributed by atoms with Crippen LogP contribution in [-0.4, -0.2) is 11.9 Å². The quantitative estimate of drug-likeness (QED) is 0.492. The first-order valence-electron chi connectivity index (χ1n) is 8.29. The number of hydrogen-bond acceptors (Lipinski definition) is 1. The Bertz CT molecular complexity index is 463. The van der Waals surface area contributed by atoms with E-state index >= 15 is 0 Å². The Labute approximate surface area is 128 Å². The molecule has 0 radical (unpaired) electrons. The maximum absolute atomic E-state index is 12.0. The highest BCUT2D eigenvalue weighted by atomic mass is 16.2. The third-order valence-corrected chi connectivity index (χ3v) is 4.31. The van der Waals surface area contributed by atoms with Crippen LogP contribution in [0.25, 0.3) is 0 Å². The fourth-order valence-electron chi connectivity index (χ4n) is 3.02. The zero-order valence-corrected chi connectivity index (χ0v) is 13.2. The number of unbranched alkanes of at least 4 members (excludes halogenated alkanes) is 4. The number of hydrogen-bond donors (Lipinski definition) is 0. The molecular formula is C19H27NO. The Hall–Kier alpha value is -1.57. The summed E-state index contributed by atoms with van der Waals surface area (Å²) in [5, 5.41) is 0. The molecule has 0 bridgehead atoms. The maximum Gasteiger partial charge on any atom is 0.227 e. The molecule has 2 heteroatoms. The molecule has 2 nitrogen and oxygen atoms in total. The fourth-order valence-corrected chi connectivity index (χ4v) is 3.02. The summed E-state index contributed by atoms with van der Waals surface area (Å²) in [6, 6.07) is 8.67. The Morgan fingerprint density at radius 1 is 1.19 bits per heavy atom. The van der Waals surface area contributed by atoms with E-state index in [9.17, 15) is 4.79 Å². The van der Waals surface area contributed by atoms with Gasteiger partial charge in [0.05, 0.1) is 6.04 Å². The number of benzene rings is 1. The SMILES string of the molecule is C=CC1CCC(=O)N1c1ccc(CCCCCCC)cc1. The van der Waals surface area contributed by atoms with Crippen LogP contribution in [0, 0.1) is 0 Å². The van der Waals surface area contributed by atoms with Crippen LogP contribution in [0.5, 0.6) is 0 Å². The highest BCUT2D eigenvalue weighted by Crippen LogP contribution is 2.27. The molecule has 0 saturated carbocycles. The van der Waals surface area contributed by atoms with Gasteiger partial charge in [0, 0.05) is 12.1 Å². The summed E-state index contributed by atoms with van der Waals surface area (Å²) in [6.45, 7) is 6.09. The largest absolute Gasteiger partial charge is 0.306 e. The van der Waals surface area contributed by atoms with Gasteiger partial charge < -0.3 is 4.90 Å². The van der Waals surface area contributed by atoms with E-state index in [-0.39, 0.29) is 11.9 Å². The first kappa shape index (κ1) is 15.8. The van der Waals surface area contributed by atoms with Gasteiger partial charge in [-0.1, -0.05) is 50.8 Å². The van der Waals surface area contributed by atoms with Crippen molar-refractivity contribution in [2.24, 2.45) is 0 Å². The molecule has 0 aliphatic carbocycles. The first-order chi connectivity index (χ1) is 10.3. The highest BCUT2D eigenvalue weighted by Gasteiger charge is 2.29. The number of rotatable bonds is 8. The van der Waals surface area contributed by atoms with E-state index in [4.69, 9.17) is 0 Å². The lowest BCUT2D eigenvalue weighted by Gasteiger charge is -2.22. The Kier molecular flexibility index (Phi) is 6.04. The van der Waals surface area contributed by atoms with Crippen molar-refractivity contribution in [3.8, 4) is 0 Å². The molecule has 1 saturated heterocycles. The third-order valence-electron chi connectivity index (χ3n) is 4.31. The van der Waals surface area contributed by atoms with Crippen molar-refractivity contribution < 1.29 is 4.79 Å². The summed E-state index contributed by atoms with van der Waals surface area (Å²) in [5.41, 5.74) is 2.38. The fraction of sp³-hybridized carbons (Fsp3) is 0.526. The van der Waals surface area contributed by atoms with Crippen molar-refractivity contribution in [3.05, 3.63) is 42.5 Å². The average Bonchev–Trinajstić information content (AvgIpc) is 2.89. The summed E-state index contributed by atoms with van der Waals surface area (Å²) in [4.78, 5) is 13.9. The van der Waals surface area contributed by atoms with Crippen molar-refractivity contribution in [1.29, 1.82) is 0 Å².